The van der Waals surface area contributed by atoms with Gasteiger partial charge in [-0.1, -0.05) is 0 Å². The van der Waals surface area contributed by atoms with Gasteiger partial charge >= 0.3 is 0 Å². The first-order valence-electron chi connectivity index (χ1n) is 3.56. The van der Waals surface area contributed by atoms with Crippen LogP contribution >= 0.6 is 0 Å². The molecular weight excluding hydrogens is 160 g/mol. The molecular formula is C7H13N2O3. The molecule has 0 aliphatic heterocycles. The van der Waals surface area contributed by atoms with Crippen LogP contribution in [-0.2, 0) is 9.59 Å². The number of carbonyl (C=O) groups excluding carboxylic acids is 2. The smallest absolute Gasteiger partial charge is 0.244 e. The van der Waals surface area contributed by atoms with Gasteiger partial charge in [0.05, 0.1) is 6.61 Å². The standard InChI is InChI=1S/C7H13N2O3/c1-3-8-7(12)6(4-10)9-5(2)11/h6,10H,1,3-4H2,2H3,(H,8,12)(H,9,11). The Hall–Kier alpha value is -1.10. The van der Waals surface area contributed by atoms with E-state index in [1.165, 1.54) is 6.92 Å². The molecule has 0 saturated carbocycles. The summed E-state index contributed by atoms with van der Waals surface area (Å²) in [7, 11) is 0. The second-order valence-corrected chi connectivity index (χ2v) is 2.23. The lowest BCUT2D eigenvalue weighted by Crippen LogP contribution is -2.48. The molecule has 1 unspecified atom stereocenters. The Kier molecular flexibility index (Phi) is 5.03. The minimum absolute atomic E-state index is 0.231. The molecule has 0 aliphatic carbocycles. The minimum Gasteiger partial charge on any atom is -0.394 e. The van der Waals surface area contributed by atoms with E-state index >= 15 is 0 Å². The molecule has 0 aliphatic rings. The molecule has 0 heterocycles. The molecule has 12 heavy (non-hydrogen) atoms. The van der Waals surface area contributed by atoms with E-state index in [-0.39, 0.29) is 12.5 Å². The fourth-order valence-electron chi connectivity index (χ4n) is 0.686. The fraction of sp³-hybridized carbons (Fsp3) is 0.571. The molecule has 1 radical (unpaired) electrons. The molecule has 0 aromatic carbocycles. The number of aliphatic hydroxyl groups is 1. The molecule has 0 bridgehead atoms. The van der Waals surface area contributed by atoms with Gasteiger partial charge in [0.2, 0.25) is 11.8 Å². The second kappa shape index (κ2) is 5.54. The summed E-state index contributed by atoms with van der Waals surface area (Å²) in [4.78, 5) is 21.5. The maximum Gasteiger partial charge on any atom is 0.244 e. The summed E-state index contributed by atoms with van der Waals surface area (Å²) in [6.07, 6.45) is 0. The molecule has 0 aromatic rings. The number of hydrogen-bond acceptors (Lipinski definition) is 3. The number of amides is 2. The maximum absolute atomic E-state index is 11.0. The van der Waals surface area contributed by atoms with Crippen LogP contribution in [0.3, 0.4) is 0 Å². The zero-order chi connectivity index (χ0) is 9.56. The number of rotatable bonds is 4. The van der Waals surface area contributed by atoms with Gasteiger partial charge in [-0.25, -0.2) is 0 Å². The summed E-state index contributed by atoms with van der Waals surface area (Å²) in [5.74, 6) is -0.782. The van der Waals surface area contributed by atoms with Crippen molar-refractivity contribution >= 4 is 11.8 Å². The van der Waals surface area contributed by atoms with Crippen molar-refractivity contribution in [2.75, 3.05) is 13.2 Å². The van der Waals surface area contributed by atoms with Gasteiger partial charge in [-0.05, 0) is 6.92 Å². The van der Waals surface area contributed by atoms with Gasteiger partial charge in [-0.3, -0.25) is 9.59 Å². The topological polar surface area (TPSA) is 78.4 Å². The quantitative estimate of drug-likeness (QED) is 0.481. The highest BCUT2D eigenvalue weighted by Gasteiger charge is 2.16. The Morgan fingerprint density at radius 2 is 2.17 bits per heavy atom. The van der Waals surface area contributed by atoms with E-state index in [1.807, 2.05) is 0 Å². The van der Waals surface area contributed by atoms with Crippen molar-refractivity contribution in [3.05, 3.63) is 6.92 Å². The normalized spacial score (nSPS) is 11.9. The van der Waals surface area contributed by atoms with E-state index in [4.69, 9.17) is 5.11 Å². The Morgan fingerprint density at radius 1 is 1.58 bits per heavy atom. The highest BCUT2D eigenvalue weighted by molar-refractivity contribution is 5.86. The van der Waals surface area contributed by atoms with E-state index in [0.717, 1.165) is 0 Å². The Bertz CT molecular complexity index is 170. The molecule has 0 fully saturated rings. The van der Waals surface area contributed by atoms with Gasteiger partial charge in [0, 0.05) is 13.5 Å². The Morgan fingerprint density at radius 3 is 2.50 bits per heavy atom. The number of hydrogen-bond donors (Lipinski definition) is 3. The average molecular weight is 173 g/mol. The van der Waals surface area contributed by atoms with Crippen molar-refractivity contribution in [3.8, 4) is 0 Å². The van der Waals surface area contributed by atoms with Crippen LogP contribution in [0.2, 0.25) is 0 Å². The van der Waals surface area contributed by atoms with Crippen LogP contribution in [-0.4, -0.2) is 36.1 Å². The molecule has 0 spiro atoms. The molecule has 3 N–H and O–H groups in total. The monoisotopic (exact) mass is 173 g/mol. The summed E-state index contributed by atoms with van der Waals surface area (Å²) in [6.45, 7) is 4.49. The van der Waals surface area contributed by atoms with E-state index in [2.05, 4.69) is 17.6 Å². The van der Waals surface area contributed by atoms with E-state index in [9.17, 15) is 9.59 Å². The third kappa shape index (κ3) is 3.92. The van der Waals surface area contributed by atoms with Crippen molar-refractivity contribution < 1.29 is 14.7 Å². The molecule has 0 rings (SSSR count). The molecule has 5 nitrogen and oxygen atoms in total. The summed E-state index contributed by atoms with van der Waals surface area (Å²) < 4.78 is 0. The highest BCUT2D eigenvalue weighted by Crippen LogP contribution is 1.82. The summed E-state index contributed by atoms with van der Waals surface area (Å²) in [6, 6.07) is -0.871. The molecule has 1 atom stereocenters. The molecule has 2 amide bonds. The third-order valence-electron chi connectivity index (χ3n) is 1.18. The van der Waals surface area contributed by atoms with Gasteiger partial charge in [-0.15, -0.1) is 0 Å². The first-order valence-corrected chi connectivity index (χ1v) is 3.56. The van der Waals surface area contributed by atoms with Crippen LogP contribution in [0.5, 0.6) is 0 Å². The molecule has 69 valence electrons. The maximum atomic E-state index is 11.0. The van der Waals surface area contributed by atoms with Gasteiger partial charge < -0.3 is 15.7 Å². The molecule has 0 aromatic heterocycles. The third-order valence-corrected chi connectivity index (χ3v) is 1.18. The van der Waals surface area contributed by atoms with Gasteiger partial charge in [-0.2, -0.15) is 0 Å². The molecule has 5 heteroatoms. The van der Waals surface area contributed by atoms with E-state index < -0.39 is 18.6 Å². The van der Waals surface area contributed by atoms with Crippen molar-refractivity contribution in [1.82, 2.24) is 10.6 Å². The van der Waals surface area contributed by atoms with Crippen molar-refractivity contribution in [3.63, 3.8) is 0 Å². The summed E-state index contributed by atoms with van der Waals surface area (Å²) >= 11 is 0. The average Bonchev–Trinajstić information content (AvgIpc) is 2.00. The largest absolute Gasteiger partial charge is 0.394 e. The summed E-state index contributed by atoms with van der Waals surface area (Å²) in [5.41, 5.74) is 0. The zero-order valence-electron chi connectivity index (χ0n) is 6.96. The van der Waals surface area contributed by atoms with Crippen LogP contribution in [0, 0.1) is 6.92 Å². The number of nitrogens with one attached hydrogen (secondary N) is 2. The summed E-state index contributed by atoms with van der Waals surface area (Å²) in [5, 5.41) is 13.3. The van der Waals surface area contributed by atoms with Crippen molar-refractivity contribution in [2.24, 2.45) is 0 Å². The highest BCUT2D eigenvalue weighted by atomic mass is 16.3. The lowest BCUT2D eigenvalue weighted by Gasteiger charge is -2.13. The Labute approximate surface area is 71.1 Å². The van der Waals surface area contributed by atoms with E-state index in [0.29, 0.717) is 0 Å². The molecule has 0 saturated heterocycles. The van der Waals surface area contributed by atoms with Gasteiger partial charge in [0.1, 0.15) is 6.04 Å². The van der Waals surface area contributed by atoms with Crippen molar-refractivity contribution in [2.45, 2.75) is 13.0 Å². The number of carbonyl (C=O) groups is 2. The first kappa shape index (κ1) is 10.9. The van der Waals surface area contributed by atoms with E-state index in [1.54, 1.807) is 0 Å². The van der Waals surface area contributed by atoms with Crippen LogP contribution in [0.25, 0.3) is 0 Å². The van der Waals surface area contributed by atoms with Crippen LogP contribution in [0.1, 0.15) is 6.92 Å². The van der Waals surface area contributed by atoms with Gasteiger partial charge in [0.25, 0.3) is 0 Å². The lowest BCUT2D eigenvalue weighted by molar-refractivity contribution is -0.128. The number of aliphatic hydroxyl groups excluding tert-OH is 1. The van der Waals surface area contributed by atoms with Crippen molar-refractivity contribution in [1.29, 1.82) is 0 Å². The van der Waals surface area contributed by atoms with Crippen LogP contribution in [0.15, 0.2) is 0 Å². The fourth-order valence-corrected chi connectivity index (χ4v) is 0.686. The predicted octanol–water partition coefficient (Wildman–Crippen LogP) is -1.57. The van der Waals surface area contributed by atoms with Crippen LogP contribution < -0.4 is 10.6 Å². The predicted molar refractivity (Wildman–Crippen MR) is 43.1 cm³/mol. The van der Waals surface area contributed by atoms with Crippen LogP contribution in [0.4, 0.5) is 0 Å². The Balaban J connectivity index is 3.96. The first-order chi connectivity index (χ1) is 5.61. The minimum atomic E-state index is -0.871. The zero-order valence-corrected chi connectivity index (χ0v) is 6.96. The lowest BCUT2D eigenvalue weighted by atomic mass is 10.3. The van der Waals surface area contributed by atoms with Gasteiger partial charge in [0.15, 0.2) is 0 Å². The SMILES string of the molecule is [CH2]CNC(=O)C(CO)NC(C)=O. The second-order valence-electron chi connectivity index (χ2n) is 2.23.